The summed E-state index contributed by atoms with van der Waals surface area (Å²) in [7, 11) is 0. The minimum absolute atomic E-state index is 0.0642. The van der Waals surface area contributed by atoms with Gasteiger partial charge in [-0.3, -0.25) is 0 Å². The molecule has 0 amide bonds. The van der Waals surface area contributed by atoms with Crippen LogP contribution >= 0.6 is 11.3 Å². The van der Waals surface area contributed by atoms with Gasteiger partial charge in [0.25, 0.3) is 0 Å². The van der Waals surface area contributed by atoms with Gasteiger partial charge >= 0.3 is 0 Å². The summed E-state index contributed by atoms with van der Waals surface area (Å²) in [5.74, 6) is 6.20. The molecule has 0 N–H and O–H groups in total. The van der Waals surface area contributed by atoms with Crippen LogP contribution in [-0.2, 0) is 11.2 Å². The Morgan fingerprint density at radius 3 is 2.74 bits per heavy atom. The summed E-state index contributed by atoms with van der Waals surface area (Å²) < 4.78 is 0. The van der Waals surface area contributed by atoms with Gasteiger partial charge in [-0.05, 0) is 47.3 Å². The first-order chi connectivity index (χ1) is 13.0. The van der Waals surface area contributed by atoms with Crippen LogP contribution in [0.5, 0.6) is 0 Å². The van der Waals surface area contributed by atoms with Crippen LogP contribution in [0.25, 0.3) is 10.4 Å². The Kier molecular flexibility index (Phi) is 4.63. The predicted octanol–water partition coefficient (Wildman–Crippen LogP) is 4.86. The van der Waals surface area contributed by atoms with Crippen molar-refractivity contribution in [2.24, 2.45) is 5.41 Å². The number of carbonyl (C=O) groups excluding carboxylic acids is 1. The highest BCUT2D eigenvalue weighted by Crippen LogP contribution is 2.40. The van der Waals surface area contributed by atoms with Crippen molar-refractivity contribution in [1.82, 2.24) is 9.97 Å². The van der Waals surface area contributed by atoms with Gasteiger partial charge in [-0.2, -0.15) is 0 Å². The Hall–Kier alpha value is -2.77. The van der Waals surface area contributed by atoms with Crippen molar-refractivity contribution in [3.8, 4) is 22.3 Å². The summed E-state index contributed by atoms with van der Waals surface area (Å²) in [4.78, 5) is 21.7. The van der Waals surface area contributed by atoms with Gasteiger partial charge in [-0.1, -0.05) is 50.2 Å². The Labute approximate surface area is 163 Å². The topological polar surface area (TPSA) is 42.9 Å². The molecule has 1 aromatic carbocycles. The molecule has 3 nitrogen and oxygen atoms in total. The largest absolute Gasteiger partial charge is 0.303 e. The molecular formula is C23H20N2OS. The van der Waals surface area contributed by atoms with E-state index in [1.807, 2.05) is 36.5 Å². The van der Waals surface area contributed by atoms with Gasteiger partial charge in [0.1, 0.15) is 12.0 Å². The van der Waals surface area contributed by atoms with Crippen molar-refractivity contribution < 1.29 is 4.79 Å². The molecule has 0 spiro atoms. The number of rotatable bonds is 2. The van der Waals surface area contributed by atoms with Crippen LogP contribution in [-0.4, -0.2) is 16.3 Å². The average Bonchev–Trinajstić information content (AvgIpc) is 3.14. The lowest BCUT2D eigenvalue weighted by Gasteiger charge is -2.34. The molecule has 27 heavy (non-hydrogen) atoms. The maximum absolute atomic E-state index is 11.5. The highest BCUT2D eigenvalue weighted by molar-refractivity contribution is 7.15. The van der Waals surface area contributed by atoms with E-state index in [-0.39, 0.29) is 11.3 Å². The molecular weight excluding hydrogens is 352 g/mol. The third kappa shape index (κ3) is 3.84. The fourth-order valence-electron chi connectivity index (χ4n) is 3.60. The number of hydrogen-bond acceptors (Lipinski definition) is 4. The number of aromatic nitrogens is 2. The van der Waals surface area contributed by atoms with Crippen molar-refractivity contribution in [2.75, 3.05) is 0 Å². The number of hydrogen-bond donors (Lipinski definition) is 0. The zero-order chi connectivity index (χ0) is 18.9. The van der Waals surface area contributed by atoms with Crippen LogP contribution in [0.2, 0.25) is 0 Å². The standard InChI is InChI=1S/C23H20N2OS/c1-23(2)12-17(15-26)19-10-8-18(25-20(19)13-23)9-11-22-24-14-21(27-22)16-6-4-3-5-7-16/h3-8,10,14-15,17H,12-13H2,1-2H3. The number of aldehydes is 1. The molecule has 0 saturated heterocycles. The number of fused-ring (bicyclic) bond motifs is 1. The molecule has 4 rings (SSSR count). The molecule has 1 atom stereocenters. The smallest absolute Gasteiger partial charge is 0.167 e. The number of pyridine rings is 1. The first kappa shape index (κ1) is 17.6. The minimum Gasteiger partial charge on any atom is -0.303 e. The molecule has 1 unspecified atom stereocenters. The summed E-state index contributed by atoms with van der Waals surface area (Å²) >= 11 is 1.58. The summed E-state index contributed by atoms with van der Waals surface area (Å²) in [5.41, 5.74) is 4.01. The lowest BCUT2D eigenvalue weighted by molar-refractivity contribution is -0.109. The molecule has 0 fully saturated rings. The second-order valence-corrected chi connectivity index (χ2v) is 8.70. The minimum atomic E-state index is -0.0642. The van der Waals surface area contributed by atoms with E-state index in [0.717, 1.165) is 51.5 Å². The fourth-order valence-corrected chi connectivity index (χ4v) is 4.37. The summed E-state index contributed by atoms with van der Waals surface area (Å²) in [6.07, 6.45) is 4.66. The van der Waals surface area contributed by atoms with Gasteiger partial charge in [0.05, 0.1) is 4.88 Å². The monoisotopic (exact) mass is 372 g/mol. The van der Waals surface area contributed by atoms with E-state index in [2.05, 4.69) is 42.8 Å². The summed E-state index contributed by atoms with van der Waals surface area (Å²) in [5, 5.41) is 0.777. The van der Waals surface area contributed by atoms with Crippen molar-refractivity contribution in [2.45, 2.75) is 32.6 Å². The second-order valence-electron chi connectivity index (χ2n) is 7.67. The summed E-state index contributed by atoms with van der Waals surface area (Å²) in [6.45, 7) is 4.38. The first-order valence-electron chi connectivity index (χ1n) is 9.02. The van der Waals surface area contributed by atoms with E-state index in [1.54, 1.807) is 11.3 Å². The van der Waals surface area contributed by atoms with Crippen LogP contribution in [0.3, 0.4) is 0 Å². The maximum atomic E-state index is 11.5. The number of carbonyl (C=O) groups is 1. The predicted molar refractivity (Wildman–Crippen MR) is 109 cm³/mol. The molecule has 134 valence electrons. The second kappa shape index (κ2) is 7.09. The van der Waals surface area contributed by atoms with Gasteiger partial charge in [0.15, 0.2) is 5.01 Å². The van der Waals surface area contributed by atoms with Crippen LogP contribution < -0.4 is 0 Å². The molecule has 4 heteroatoms. The van der Waals surface area contributed by atoms with Crippen LogP contribution in [0.4, 0.5) is 0 Å². The quantitative estimate of drug-likeness (QED) is 0.477. The zero-order valence-electron chi connectivity index (χ0n) is 15.4. The third-order valence-electron chi connectivity index (χ3n) is 4.85. The van der Waals surface area contributed by atoms with Gasteiger partial charge < -0.3 is 4.79 Å². The van der Waals surface area contributed by atoms with Crippen LogP contribution in [0.15, 0.2) is 48.7 Å². The Morgan fingerprint density at radius 2 is 1.96 bits per heavy atom. The normalized spacial score (nSPS) is 17.5. The number of thiazole rings is 1. The van der Waals surface area contributed by atoms with Gasteiger partial charge in [-0.15, -0.1) is 11.3 Å². The van der Waals surface area contributed by atoms with Crippen LogP contribution in [0, 0.1) is 17.3 Å². The molecule has 2 aromatic heterocycles. The Bertz CT molecular complexity index is 1040. The average molecular weight is 372 g/mol. The van der Waals surface area contributed by atoms with Crippen molar-refractivity contribution >= 4 is 17.6 Å². The third-order valence-corrected chi connectivity index (χ3v) is 5.81. The highest BCUT2D eigenvalue weighted by atomic mass is 32.1. The molecule has 0 aliphatic heterocycles. The van der Waals surface area contributed by atoms with Crippen molar-refractivity contribution in [1.29, 1.82) is 0 Å². The summed E-state index contributed by atoms with van der Waals surface area (Å²) in [6, 6.07) is 14.1. The van der Waals surface area contributed by atoms with E-state index < -0.39 is 0 Å². The number of benzene rings is 1. The van der Waals surface area contributed by atoms with Crippen molar-refractivity contribution in [3.05, 3.63) is 70.6 Å². The van der Waals surface area contributed by atoms with Gasteiger partial charge in [0.2, 0.25) is 0 Å². The molecule has 3 aromatic rings. The Morgan fingerprint density at radius 1 is 1.15 bits per heavy atom. The van der Waals surface area contributed by atoms with Gasteiger partial charge in [-0.25, -0.2) is 9.97 Å². The molecule has 1 aliphatic carbocycles. The number of nitrogens with zero attached hydrogens (tertiary/aromatic N) is 2. The maximum Gasteiger partial charge on any atom is 0.167 e. The highest BCUT2D eigenvalue weighted by Gasteiger charge is 2.32. The van der Waals surface area contributed by atoms with Gasteiger partial charge in [0, 0.05) is 17.8 Å². The van der Waals surface area contributed by atoms with E-state index in [0.29, 0.717) is 0 Å². The SMILES string of the molecule is CC1(C)Cc2nc(C#Cc3ncc(-c4ccccc4)s3)ccc2C(C=O)C1. The molecule has 0 radical (unpaired) electrons. The van der Waals surface area contributed by atoms with E-state index in [4.69, 9.17) is 4.98 Å². The molecule has 0 bridgehead atoms. The fraction of sp³-hybridized carbons (Fsp3) is 0.261. The van der Waals surface area contributed by atoms with Crippen molar-refractivity contribution in [3.63, 3.8) is 0 Å². The van der Waals surface area contributed by atoms with E-state index in [1.165, 1.54) is 0 Å². The zero-order valence-corrected chi connectivity index (χ0v) is 16.2. The molecule has 2 heterocycles. The lowest BCUT2D eigenvalue weighted by atomic mass is 9.71. The van der Waals surface area contributed by atoms with Crippen LogP contribution in [0.1, 0.15) is 48.1 Å². The Balaban J connectivity index is 1.60. The first-order valence-corrected chi connectivity index (χ1v) is 9.84. The van der Waals surface area contributed by atoms with E-state index in [9.17, 15) is 4.79 Å². The lowest BCUT2D eigenvalue weighted by Crippen LogP contribution is -2.27. The molecule has 0 saturated carbocycles. The molecule has 1 aliphatic rings. The van der Waals surface area contributed by atoms with E-state index >= 15 is 0 Å².